The highest BCUT2D eigenvalue weighted by Gasteiger charge is 2.15. The Bertz CT molecular complexity index is 1360. The fraction of sp³-hybridized carbons (Fsp3) is 0.333. The number of likely N-dealkylation sites (N-methyl/N-ethyl adjacent to an activating group) is 1. The van der Waals surface area contributed by atoms with Gasteiger partial charge in [0.15, 0.2) is 5.82 Å². The van der Waals surface area contributed by atoms with E-state index in [4.69, 9.17) is 19.4 Å². The first kappa shape index (κ1) is 24.7. The van der Waals surface area contributed by atoms with Crippen LogP contribution >= 0.6 is 11.3 Å². The number of carbonyl (C=O) groups is 1. The lowest BCUT2D eigenvalue weighted by Crippen LogP contribution is -2.29. The van der Waals surface area contributed by atoms with E-state index in [0.29, 0.717) is 5.82 Å². The SMILES string of the molecule is COCn1c(=O)sc2cc(C(C)c3ccn(-c4ccc(COCC(=O)N(C)OC)cn4)n3)ccc21. The number of pyridine rings is 1. The van der Waals surface area contributed by atoms with Crippen molar-refractivity contribution in [3.8, 4) is 5.82 Å². The molecule has 0 fully saturated rings. The Morgan fingerprint density at radius 1 is 1.20 bits per heavy atom. The van der Waals surface area contributed by atoms with Gasteiger partial charge < -0.3 is 9.47 Å². The lowest BCUT2D eigenvalue weighted by molar-refractivity contribution is -0.173. The molecule has 0 aliphatic heterocycles. The van der Waals surface area contributed by atoms with Gasteiger partial charge in [-0.15, -0.1) is 0 Å². The minimum absolute atomic E-state index is 0.0316. The molecule has 0 aliphatic carbocycles. The average molecular weight is 498 g/mol. The summed E-state index contributed by atoms with van der Waals surface area (Å²) in [5.41, 5.74) is 3.67. The zero-order chi connectivity index (χ0) is 24.9. The molecule has 1 atom stereocenters. The van der Waals surface area contributed by atoms with Gasteiger partial charge in [0.25, 0.3) is 5.91 Å². The van der Waals surface area contributed by atoms with Crippen molar-refractivity contribution in [2.24, 2.45) is 0 Å². The summed E-state index contributed by atoms with van der Waals surface area (Å²) in [4.78, 5) is 33.2. The predicted octanol–water partition coefficient (Wildman–Crippen LogP) is 2.94. The third-order valence-electron chi connectivity index (χ3n) is 5.67. The van der Waals surface area contributed by atoms with Gasteiger partial charge in [0, 0.05) is 32.5 Å². The van der Waals surface area contributed by atoms with Crippen molar-refractivity contribution in [3.63, 3.8) is 0 Å². The lowest BCUT2D eigenvalue weighted by atomic mass is 9.98. The van der Waals surface area contributed by atoms with E-state index in [1.54, 1.807) is 22.6 Å². The Hall–Kier alpha value is -3.38. The number of methoxy groups -OCH3 is 1. The number of aromatic nitrogens is 4. The summed E-state index contributed by atoms with van der Waals surface area (Å²) in [5, 5.41) is 5.83. The second-order valence-corrected chi connectivity index (χ2v) is 8.93. The van der Waals surface area contributed by atoms with Crippen LogP contribution in [0.25, 0.3) is 16.0 Å². The molecule has 0 N–H and O–H groups in total. The van der Waals surface area contributed by atoms with Crippen molar-refractivity contribution in [3.05, 3.63) is 75.3 Å². The van der Waals surface area contributed by atoms with Gasteiger partial charge in [-0.3, -0.25) is 19.0 Å². The summed E-state index contributed by atoms with van der Waals surface area (Å²) in [6, 6.07) is 11.7. The quantitative estimate of drug-likeness (QED) is 0.311. The molecule has 10 nitrogen and oxygen atoms in total. The third kappa shape index (κ3) is 5.49. The molecule has 35 heavy (non-hydrogen) atoms. The normalized spacial score (nSPS) is 12.2. The van der Waals surface area contributed by atoms with Crippen molar-refractivity contribution in [2.75, 3.05) is 27.9 Å². The predicted molar refractivity (Wildman–Crippen MR) is 131 cm³/mol. The summed E-state index contributed by atoms with van der Waals surface area (Å²) >= 11 is 1.21. The summed E-state index contributed by atoms with van der Waals surface area (Å²) in [7, 11) is 4.53. The van der Waals surface area contributed by atoms with Crippen molar-refractivity contribution >= 4 is 27.5 Å². The minimum atomic E-state index is -0.267. The van der Waals surface area contributed by atoms with Crippen LogP contribution in [0.15, 0.2) is 53.6 Å². The second kappa shape index (κ2) is 10.9. The molecule has 0 aliphatic rings. The fourth-order valence-electron chi connectivity index (χ4n) is 3.56. The molecule has 0 saturated heterocycles. The van der Waals surface area contributed by atoms with E-state index in [2.05, 4.69) is 11.9 Å². The number of carbonyl (C=O) groups excluding carboxylic acids is 1. The van der Waals surface area contributed by atoms with Crippen LogP contribution in [0.4, 0.5) is 0 Å². The zero-order valence-corrected chi connectivity index (χ0v) is 20.8. The van der Waals surface area contributed by atoms with Crippen LogP contribution in [-0.2, 0) is 32.4 Å². The summed E-state index contributed by atoms with van der Waals surface area (Å²) in [6.45, 7) is 2.50. The molecule has 0 spiro atoms. The first-order valence-corrected chi connectivity index (χ1v) is 11.7. The number of fused-ring (bicyclic) bond motifs is 1. The summed E-state index contributed by atoms with van der Waals surface area (Å²) in [6.07, 6.45) is 3.57. The number of amides is 1. The van der Waals surface area contributed by atoms with E-state index in [1.165, 1.54) is 25.5 Å². The van der Waals surface area contributed by atoms with Crippen LogP contribution in [0.1, 0.15) is 29.7 Å². The molecule has 1 amide bonds. The van der Waals surface area contributed by atoms with Crippen LogP contribution in [0.3, 0.4) is 0 Å². The first-order valence-electron chi connectivity index (χ1n) is 10.9. The molecule has 184 valence electrons. The number of hydrogen-bond acceptors (Lipinski definition) is 8. The molecule has 3 aromatic heterocycles. The highest BCUT2D eigenvalue weighted by molar-refractivity contribution is 7.16. The molecular formula is C24H27N5O5S. The standard InChI is InChI=1S/C24H27N5O5S/c1-16(18-6-7-20-21(11-18)35-24(31)28(20)15-32-3)19-9-10-29(26-19)22-8-5-17(12-25-22)13-34-14-23(30)27(2)33-4/h5-12,16H,13-15H2,1-4H3. The maximum absolute atomic E-state index is 12.2. The van der Waals surface area contributed by atoms with Crippen molar-refractivity contribution in [1.82, 2.24) is 24.4 Å². The Morgan fingerprint density at radius 3 is 2.74 bits per heavy atom. The van der Waals surface area contributed by atoms with Crippen LogP contribution in [0.2, 0.25) is 0 Å². The second-order valence-electron chi connectivity index (χ2n) is 7.94. The third-order valence-corrected chi connectivity index (χ3v) is 6.61. The molecule has 0 saturated carbocycles. The van der Waals surface area contributed by atoms with Crippen LogP contribution < -0.4 is 4.87 Å². The number of hydrogen-bond donors (Lipinski definition) is 0. The fourth-order valence-corrected chi connectivity index (χ4v) is 4.48. The highest BCUT2D eigenvalue weighted by atomic mass is 32.1. The summed E-state index contributed by atoms with van der Waals surface area (Å²) in [5.74, 6) is 0.438. The number of hydroxylamine groups is 2. The Labute approximate surface area is 206 Å². The van der Waals surface area contributed by atoms with Gasteiger partial charge in [0.05, 0.1) is 29.6 Å². The number of benzene rings is 1. The molecule has 1 unspecified atom stereocenters. The van der Waals surface area contributed by atoms with E-state index in [9.17, 15) is 9.59 Å². The molecular weight excluding hydrogens is 470 g/mol. The van der Waals surface area contributed by atoms with E-state index >= 15 is 0 Å². The van der Waals surface area contributed by atoms with Gasteiger partial charge in [-0.05, 0) is 35.4 Å². The van der Waals surface area contributed by atoms with Gasteiger partial charge in [-0.2, -0.15) is 5.10 Å². The van der Waals surface area contributed by atoms with Gasteiger partial charge in [-0.1, -0.05) is 30.4 Å². The molecule has 4 aromatic rings. The molecule has 11 heteroatoms. The van der Waals surface area contributed by atoms with Crippen LogP contribution in [-0.4, -0.2) is 58.2 Å². The zero-order valence-electron chi connectivity index (χ0n) is 20.0. The number of thiazole rings is 1. The topological polar surface area (TPSA) is 101 Å². The average Bonchev–Trinajstić information content (AvgIpc) is 3.48. The molecule has 3 heterocycles. The van der Waals surface area contributed by atoms with E-state index in [1.807, 2.05) is 42.6 Å². The van der Waals surface area contributed by atoms with Crippen molar-refractivity contribution < 1.29 is 19.1 Å². The number of rotatable bonds is 10. The smallest absolute Gasteiger partial charge is 0.310 e. The van der Waals surface area contributed by atoms with E-state index < -0.39 is 0 Å². The summed E-state index contributed by atoms with van der Waals surface area (Å²) < 4.78 is 14.8. The molecule has 4 rings (SSSR count). The van der Waals surface area contributed by atoms with Gasteiger partial charge >= 0.3 is 4.87 Å². The Kier molecular flexibility index (Phi) is 7.71. The lowest BCUT2D eigenvalue weighted by Gasteiger charge is -2.13. The number of nitrogens with zero attached hydrogens (tertiary/aromatic N) is 5. The Balaban J connectivity index is 1.43. The highest BCUT2D eigenvalue weighted by Crippen LogP contribution is 2.28. The van der Waals surface area contributed by atoms with Gasteiger partial charge in [-0.25, -0.2) is 14.7 Å². The van der Waals surface area contributed by atoms with Crippen LogP contribution in [0, 0.1) is 0 Å². The number of ether oxygens (including phenoxy) is 2. The first-order chi connectivity index (χ1) is 16.9. The van der Waals surface area contributed by atoms with E-state index in [-0.39, 0.29) is 36.6 Å². The van der Waals surface area contributed by atoms with Crippen molar-refractivity contribution in [2.45, 2.75) is 26.2 Å². The Morgan fingerprint density at radius 2 is 2.03 bits per heavy atom. The monoisotopic (exact) mass is 497 g/mol. The molecule has 1 aromatic carbocycles. The molecule has 0 bridgehead atoms. The van der Waals surface area contributed by atoms with Gasteiger partial charge in [0.1, 0.15) is 13.3 Å². The van der Waals surface area contributed by atoms with Crippen LogP contribution in [0.5, 0.6) is 0 Å². The maximum atomic E-state index is 12.2. The van der Waals surface area contributed by atoms with Crippen molar-refractivity contribution in [1.29, 1.82) is 0 Å². The van der Waals surface area contributed by atoms with E-state index in [0.717, 1.165) is 32.1 Å². The van der Waals surface area contributed by atoms with Gasteiger partial charge in [0.2, 0.25) is 0 Å². The largest absolute Gasteiger partial charge is 0.367 e. The minimum Gasteiger partial charge on any atom is -0.367 e. The maximum Gasteiger partial charge on any atom is 0.310 e. The molecule has 0 radical (unpaired) electrons.